The van der Waals surface area contributed by atoms with Gasteiger partial charge in [-0.2, -0.15) is 5.26 Å². The Morgan fingerprint density at radius 2 is 1.62 bits per heavy atom. The number of fused-ring (bicyclic) bond motifs is 1. The van der Waals surface area contributed by atoms with Crippen molar-refractivity contribution in [2.45, 2.75) is 37.5 Å². The Balaban J connectivity index is 1.12. The number of rotatable bonds is 5. The van der Waals surface area contributed by atoms with Crippen molar-refractivity contribution in [1.29, 1.82) is 5.26 Å². The van der Waals surface area contributed by atoms with Crippen LogP contribution in [-0.4, -0.2) is 38.0 Å². The number of aromatic nitrogens is 5. The first-order valence-corrected chi connectivity index (χ1v) is 13.0. The fraction of sp³-hybridized carbons (Fsp3) is 0.267. The van der Waals surface area contributed by atoms with E-state index in [0.717, 1.165) is 65.6 Å². The number of hydrogen-bond donors (Lipinski definition) is 2. The maximum atomic E-state index is 9.09. The third-order valence-corrected chi connectivity index (χ3v) is 7.69. The molecule has 0 atom stereocenters. The van der Waals surface area contributed by atoms with Gasteiger partial charge in [-0.05, 0) is 49.4 Å². The van der Waals surface area contributed by atoms with Gasteiger partial charge in [0, 0.05) is 41.9 Å². The van der Waals surface area contributed by atoms with Gasteiger partial charge in [0.25, 0.3) is 0 Å². The van der Waals surface area contributed by atoms with E-state index in [1.165, 1.54) is 24.1 Å². The van der Waals surface area contributed by atoms with Crippen LogP contribution in [0.25, 0.3) is 33.5 Å². The summed E-state index contributed by atoms with van der Waals surface area (Å²) in [6.07, 6.45) is 6.22. The van der Waals surface area contributed by atoms with E-state index in [2.05, 4.69) is 67.3 Å². The zero-order valence-electron chi connectivity index (χ0n) is 20.5. The summed E-state index contributed by atoms with van der Waals surface area (Å²) in [5.41, 5.74) is 7.16. The topological polar surface area (TPSA) is 97.3 Å². The second-order valence-corrected chi connectivity index (χ2v) is 10.1. The number of nitrogens with zero attached hydrogens (tertiary/aromatic N) is 5. The Morgan fingerprint density at radius 3 is 2.35 bits per heavy atom. The molecule has 0 amide bonds. The summed E-state index contributed by atoms with van der Waals surface area (Å²) in [6.45, 7) is 1.85. The number of aromatic amines is 2. The lowest BCUT2D eigenvalue weighted by molar-refractivity contribution is 0.486. The van der Waals surface area contributed by atoms with Crippen molar-refractivity contribution in [3.05, 3.63) is 84.1 Å². The van der Waals surface area contributed by atoms with E-state index in [1.807, 2.05) is 24.3 Å². The highest BCUT2D eigenvalue weighted by Gasteiger charge is 2.32. The Hall–Kier alpha value is -4.44. The fourth-order valence-corrected chi connectivity index (χ4v) is 5.51. The average molecular weight is 486 g/mol. The molecule has 3 aromatic heterocycles. The van der Waals surface area contributed by atoms with Crippen molar-refractivity contribution in [3.63, 3.8) is 0 Å². The van der Waals surface area contributed by atoms with E-state index < -0.39 is 0 Å². The number of nitriles is 1. The number of H-pyrrole nitrogens is 2. The summed E-state index contributed by atoms with van der Waals surface area (Å²) < 4.78 is 0. The number of hydrogen-bond acceptors (Lipinski definition) is 5. The van der Waals surface area contributed by atoms with Gasteiger partial charge in [0.1, 0.15) is 23.6 Å². The van der Waals surface area contributed by atoms with Crippen LogP contribution < -0.4 is 4.90 Å². The lowest BCUT2D eigenvalue weighted by atomic mass is 9.96. The van der Waals surface area contributed by atoms with Gasteiger partial charge in [-0.3, -0.25) is 0 Å². The summed E-state index contributed by atoms with van der Waals surface area (Å²) >= 11 is 0. The molecule has 1 aliphatic heterocycles. The van der Waals surface area contributed by atoms with Crippen LogP contribution in [0.2, 0.25) is 0 Å². The van der Waals surface area contributed by atoms with Gasteiger partial charge in [0.2, 0.25) is 0 Å². The summed E-state index contributed by atoms with van der Waals surface area (Å²) in [7, 11) is 0. The molecule has 2 aromatic carbocycles. The normalized spacial score (nSPS) is 16.2. The lowest BCUT2D eigenvalue weighted by Gasteiger charge is -2.32. The molecule has 1 aliphatic carbocycles. The molecule has 0 spiro atoms. The molecule has 7 nitrogen and oxygen atoms in total. The first kappa shape index (κ1) is 21.8. The monoisotopic (exact) mass is 485 g/mol. The number of benzene rings is 2. The molecule has 1 saturated carbocycles. The molecule has 1 saturated heterocycles. The third-order valence-electron chi connectivity index (χ3n) is 7.69. The fourth-order valence-electron chi connectivity index (χ4n) is 5.51. The minimum absolute atomic E-state index is 0.420. The molecule has 0 bridgehead atoms. The predicted molar refractivity (Wildman–Crippen MR) is 144 cm³/mol. The minimum atomic E-state index is 0.420. The quantitative estimate of drug-likeness (QED) is 0.311. The van der Waals surface area contributed by atoms with E-state index in [-0.39, 0.29) is 0 Å². The van der Waals surface area contributed by atoms with Gasteiger partial charge in [-0.25, -0.2) is 15.0 Å². The smallest absolute Gasteiger partial charge is 0.143 e. The Bertz CT molecular complexity index is 1600. The van der Waals surface area contributed by atoms with E-state index >= 15 is 0 Å². The van der Waals surface area contributed by atoms with Crippen LogP contribution in [0, 0.1) is 11.3 Å². The molecule has 7 heteroatoms. The molecule has 37 heavy (non-hydrogen) atoms. The van der Waals surface area contributed by atoms with Crippen LogP contribution in [0.5, 0.6) is 0 Å². The SMILES string of the molecule is N#Cc1ccc(-c2cc3c(N4CCC(c5nc(-c6ccccc6)c(C6CC6)[nH]5)CC4)ncnc3[nH]2)cc1. The van der Waals surface area contributed by atoms with Crippen molar-refractivity contribution >= 4 is 16.9 Å². The van der Waals surface area contributed by atoms with Crippen LogP contribution in [0.15, 0.2) is 67.0 Å². The zero-order chi connectivity index (χ0) is 24.8. The molecular weight excluding hydrogens is 458 g/mol. The van der Waals surface area contributed by atoms with Crippen molar-refractivity contribution in [2.75, 3.05) is 18.0 Å². The van der Waals surface area contributed by atoms with Crippen molar-refractivity contribution in [1.82, 2.24) is 24.9 Å². The summed E-state index contributed by atoms with van der Waals surface area (Å²) in [5.74, 6) is 3.16. The molecule has 182 valence electrons. The van der Waals surface area contributed by atoms with Gasteiger partial charge in [-0.1, -0.05) is 42.5 Å². The molecule has 4 heterocycles. The van der Waals surface area contributed by atoms with Crippen molar-refractivity contribution in [3.8, 4) is 28.6 Å². The molecule has 0 radical (unpaired) electrons. The Kier molecular flexibility index (Phi) is 5.24. The van der Waals surface area contributed by atoms with Gasteiger partial charge in [0.15, 0.2) is 0 Å². The van der Waals surface area contributed by atoms with E-state index in [1.54, 1.807) is 6.33 Å². The maximum Gasteiger partial charge on any atom is 0.143 e. The first-order chi connectivity index (χ1) is 18.3. The van der Waals surface area contributed by atoms with Crippen LogP contribution in [-0.2, 0) is 0 Å². The van der Waals surface area contributed by atoms with E-state index in [4.69, 9.17) is 10.2 Å². The zero-order valence-corrected chi connectivity index (χ0v) is 20.5. The molecule has 2 aliphatic rings. The van der Waals surface area contributed by atoms with E-state index in [0.29, 0.717) is 17.4 Å². The van der Waals surface area contributed by atoms with Gasteiger partial charge in [0.05, 0.1) is 22.7 Å². The highest BCUT2D eigenvalue weighted by atomic mass is 15.2. The van der Waals surface area contributed by atoms with Crippen LogP contribution in [0.3, 0.4) is 0 Å². The van der Waals surface area contributed by atoms with E-state index in [9.17, 15) is 0 Å². The first-order valence-electron chi connectivity index (χ1n) is 13.0. The molecule has 5 aromatic rings. The lowest BCUT2D eigenvalue weighted by Crippen LogP contribution is -2.34. The van der Waals surface area contributed by atoms with Gasteiger partial charge >= 0.3 is 0 Å². The summed E-state index contributed by atoms with van der Waals surface area (Å²) in [6, 6.07) is 22.5. The number of piperidine rings is 1. The molecule has 2 N–H and O–H groups in total. The highest BCUT2D eigenvalue weighted by molar-refractivity contribution is 5.92. The van der Waals surface area contributed by atoms with Crippen LogP contribution >= 0.6 is 0 Å². The highest BCUT2D eigenvalue weighted by Crippen LogP contribution is 2.44. The summed E-state index contributed by atoms with van der Waals surface area (Å²) in [5, 5.41) is 10.1. The number of nitrogens with one attached hydrogen (secondary N) is 2. The molecule has 7 rings (SSSR count). The predicted octanol–water partition coefficient (Wildman–Crippen LogP) is 6.15. The largest absolute Gasteiger partial charge is 0.356 e. The second kappa shape index (κ2) is 8.90. The molecule has 0 unspecified atom stereocenters. The second-order valence-electron chi connectivity index (χ2n) is 10.1. The third kappa shape index (κ3) is 4.05. The minimum Gasteiger partial charge on any atom is -0.356 e. The molecular formula is C30H27N7. The van der Waals surface area contributed by atoms with Crippen molar-refractivity contribution < 1.29 is 0 Å². The number of anilines is 1. The average Bonchev–Trinajstić information content (AvgIpc) is 3.55. The Labute approximate surface area is 215 Å². The number of imidazole rings is 1. The van der Waals surface area contributed by atoms with Crippen LogP contribution in [0.1, 0.15) is 54.6 Å². The standard InChI is InChI=1S/C30H27N7/c31-17-19-6-8-20(9-7-19)25-16-24-29(34-25)32-18-33-30(24)37-14-12-23(13-15-37)28-35-26(21-4-2-1-3-5-21)27(36-28)22-10-11-22/h1-9,16,18,22-23H,10-15H2,(H,35,36)(H,32,33,34). The maximum absolute atomic E-state index is 9.09. The van der Waals surface area contributed by atoms with Crippen LogP contribution in [0.4, 0.5) is 5.82 Å². The van der Waals surface area contributed by atoms with Gasteiger partial charge in [-0.15, -0.1) is 0 Å². The molecule has 2 fully saturated rings. The Morgan fingerprint density at radius 1 is 0.838 bits per heavy atom. The van der Waals surface area contributed by atoms with Gasteiger partial charge < -0.3 is 14.9 Å². The summed E-state index contributed by atoms with van der Waals surface area (Å²) in [4.78, 5) is 23.8. The van der Waals surface area contributed by atoms with Crippen molar-refractivity contribution in [2.24, 2.45) is 0 Å².